The van der Waals surface area contributed by atoms with Gasteiger partial charge in [-0.15, -0.1) is 0 Å². The molecule has 0 aliphatic carbocycles. The van der Waals surface area contributed by atoms with E-state index < -0.39 is 5.97 Å². The van der Waals surface area contributed by atoms with E-state index in [1.54, 1.807) is 0 Å². The van der Waals surface area contributed by atoms with Gasteiger partial charge in [0, 0.05) is 23.2 Å². The van der Waals surface area contributed by atoms with E-state index in [0.717, 1.165) is 21.8 Å². The molecule has 2 N–H and O–H groups in total. The Balaban J connectivity index is 2.36. The van der Waals surface area contributed by atoms with Crippen LogP contribution in [0.4, 0.5) is 5.69 Å². The first-order valence-corrected chi connectivity index (χ1v) is 5.22. The van der Waals surface area contributed by atoms with Crippen molar-refractivity contribution in [3.8, 4) is 0 Å². The van der Waals surface area contributed by atoms with Crippen LogP contribution >= 0.6 is 11.6 Å². The molecule has 1 aromatic rings. The number of fused-ring (bicyclic) bond motifs is 1. The van der Waals surface area contributed by atoms with Crippen LogP contribution < -0.4 is 5.32 Å². The lowest BCUT2D eigenvalue weighted by molar-refractivity contribution is -0.137. The van der Waals surface area contributed by atoms with Gasteiger partial charge >= 0.3 is 5.97 Å². The van der Waals surface area contributed by atoms with Crippen LogP contribution in [-0.2, 0) is 4.79 Å². The Morgan fingerprint density at radius 2 is 2.40 bits per heavy atom. The maximum atomic E-state index is 10.7. The van der Waals surface area contributed by atoms with Gasteiger partial charge < -0.3 is 10.4 Å². The lowest BCUT2D eigenvalue weighted by atomic mass is 9.96. The van der Waals surface area contributed by atoms with Gasteiger partial charge in [0.1, 0.15) is 0 Å². The van der Waals surface area contributed by atoms with Gasteiger partial charge in [0.25, 0.3) is 0 Å². The Bertz CT molecular complexity index is 417. The summed E-state index contributed by atoms with van der Waals surface area (Å²) in [6, 6.07) is 3.75. The van der Waals surface area contributed by atoms with Gasteiger partial charge in [0.2, 0.25) is 0 Å². The number of rotatable bonds is 2. The molecule has 4 heteroatoms. The molecule has 3 nitrogen and oxygen atoms in total. The van der Waals surface area contributed by atoms with E-state index in [4.69, 9.17) is 16.7 Å². The Hall–Kier alpha value is -1.22. The third kappa shape index (κ3) is 1.79. The first-order chi connectivity index (χ1) is 7.09. The van der Waals surface area contributed by atoms with Gasteiger partial charge in [-0.1, -0.05) is 17.7 Å². The van der Waals surface area contributed by atoms with E-state index in [-0.39, 0.29) is 12.3 Å². The number of halogens is 1. The Kier molecular flexibility index (Phi) is 2.57. The molecule has 15 heavy (non-hydrogen) atoms. The second kappa shape index (κ2) is 3.74. The first-order valence-electron chi connectivity index (χ1n) is 4.84. The number of carboxylic acid groups (broad SMARTS) is 1. The topological polar surface area (TPSA) is 49.3 Å². The predicted molar refractivity (Wildman–Crippen MR) is 59.7 cm³/mol. The number of carbonyl (C=O) groups is 1. The second-order valence-corrected chi connectivity index (χ2v) is 4.22. The molecular formula is C11H12ClNO2. The summed E-state index contributed by atoms with van der Waals surface area (Å²) in [4.78, 5) is 10.7. The molecule has 1 aromatic carbocycles. The molecule has 0 saturated heterocycles. The van der Waals surface area contributed by atoms with Gasteiger partial charge in [-0.05, 0) is 24.1 Å². The fraction of sp³-hybridized carbons (Fsp3) is 0.364. The summed E-state index contributed by atoms with van der Waals surface area (Å²) in [5, 5.41) is 12.7. The van der Waals surface area contributed by atoms with Crippen molar-refractivity contribution >= 4 is 23.3 Å². The molecule has 0 radical (unpaired) electrons. The minimum Gasteiger partial charge on any atom is -0.481 e. The van der Waals surface area contributed by atoms with Gasteiger partial charge in [0.05, 0.1) is 6.42 Å². The lowest BCUT2D eigenvalue weighted by Crippen LogP contribution is -2.07. The number of carboxylic acids is 1. The molecule has 2 rings (SSSR count). The third-order valence-corrected chi connectivity index (χ3v) is 3.23. The maximum absolute atomic E-state index is 10.7. The second-order valence-electron chi connectivity index (χ2n) is 3.81. The summed E-state index contributed by atoms with van der Waals surface area (Å²) in [6.45, 7) is 2.63. The largest absolute Gasteiger partial charge is 0.481 e. The smallest absolute Gasteiger partial charge is 0.304 e. The maximum Gasteiger partial charge on any atom is 0.304 e. The first kappa shape index (κ1) is 10.3. The van der Waals surface area contributed by atoms with E-state index >= 15 is 0 Å². The van der Waals surface area contributed by atoms with E-state index in [1.807, 2.05) is 19.1 Å². The van der Waals surface area contributed by atoms with Crippen LogP contribution in [0.15, 0.2) is 12.1 Å². The molecule has 0 fully saturated rings. The highest BCUT2D eigenvalue weighted by Gasteiger charge is 2.25. The Morgan fingerprint density at radius 3 is 3.07 bits per heavy atom. The van der Waals surface area contributed by atoms with Crippen LogP contribution in [0.25, 0.3) is 0 Å². The average molecular weight is 226 g/mol. The minimum absolute atomic E-state index is 0.0634. The van der Waals surface area contributed by atoms with Crippen molar-refractivity contribution in [3.63, 3.8) is 0 Å². The zero-order valence-electron chi connectivity index (χ0n) is 8.38. The zero-order valence-corrected chi connectivity index (χ0v) is 9.14. The van der Waals surface area contributed by atoms with E-state index in [9.17, 15) is 4.79 Å². The highest BCUT2D eigenvalue weighted by atomic mass is 35.5. The van der Waals surface area contributed by atoms with Gasteiger partial charge in [-0.25, -0.2) is 0 Å². The van der Waals surface area contributed by atoms with Crippen LogP contribution in [-0.4, -0.2) is 17.6 Å². The Morgan fingerprint density at radius 1 is 1.67 bits per heavy atom. The van der Waals surface area contributed by atoms with Crippen LogP contribution in [0.1, 0.15) is 23.5 Å². The van der Waals surface area contributed by atoms with Crippen molar-refractivity contribution in [3.05, 3.63) is 28.3 Å². The summed E-state index contributed by atoms with van der Waals surface area (Å²) >= 11 is 5.99. The molecule has 80 valence electrons. The Labute approximate surface area is 93.1 Å². The van der Waals surface area contributed by atoms with Crippen molar-refractivity contribution in [2.45, 2.75) is 19.3 Å². The summed E-state index contributed by atoms with van der Waals surface area (Å²) in [5.74, 6) is -0.698. The van der Waals surface area contributed by atoms with E-state index in [2.05, 4.69) is 5.32 Å². The molecule has 1 aliphatic heterocycles. The predicted octanol–water partition coefficient (Wildman–Crippen LogP) is 2.63. The fourth-order valence-corrected chi connectivity index (χ4v) is 2.17. The summed E-state index contributed by atoms with van der Waals surface area (Å²) in [6.07, 6.45) is 0.168. The summed E-state index contributed by atoms with van der Waals surface area (Å²) < 4.78 is 0. The number of hydrogen-bond donors (Lipinski definition) is 2. The summed E-state index contributed by atoms with van der Waals surface area (Å²) in [7, 11) is 0. The lowest BCUT2D eigenvalue weighted by Gasteiger charge is -2.08. The SMILES string of the molecule is Cc1c(Cl)ccc2c1NCC2CC(=O)O. The number of anilines is 1. The molecule has 1 atom stereocenters. The van der Waals surface area contributed by atoms with Crippen molar-refractivity contribution < 1.29 is 9.90 Å². The van der Waals surface area contributed by atoms with Crippen LogP contribution in [0.5, 0.6) is 0 Å². The average Bonchev–Trinajstić information content (AvgIpc) is 2.55. The molecule has 0 saturated carbocycles. The number of aliphatic carboxylic acids is 1. The molecule has 1 aliphatic rings. The normalized spacial score (nSPS) is 18.4. The van der Waals surface area contributed by atoms with Crippen molar-refractivity contribution in [2.24, 2.45) is 0 Å². The number of nitrogens with one attached hydrogen (secondary N) is 1. The molecule has 0 spiro atoms. The summed E-state index contributed by atoms with van der Waals surface area (Å²) in [5.41, 5.74) is 3.08. The molecule has 0 bridgehead atoms. The van der Waals surface area contributed by atoms with Crippen LogP contribution in [0.3, 0.4) is 0 Å². The number of benzene rings is 1. The third-order valence-electron chi connectivity index (χ3n) is 2.82. The molecular weight excluding hydrogens is 214 g/mol. The van der Waals surface area contributed by atoms with E-state index in [0.29, 0.717) is 6.54 Å². The van der Waals surface area contributed by atoms with Gasteiger partial charge in [0.15, 0.2) is 0 Å². The van der Waals surface area contributed by atoms with Crippen LogP contribution in [0.2, 0.25) is 5.02 Å². The fourth-order valence-electron chi connectivity index (χ4n) is 2.01. The molecule has 1 unspecified atom stereocenters. The molecule has 0 amide bonds. The van der Waals surface area contributed by atoms with Crippen molar-refractivity contribution in [2.75, 3.05) is 11.9 Å². The standard InChI is InChI=1S/C11H12ClNO2/c1-6-9(12)3-2-8-7(4-10(14)15)5-13-11(6)8/h2-3,7,13H,4-5H2,1H3,(H,14,15). The molecule has 0 aromatic heterocycles. The highest BCUT2D eigenvalue weighted by molar-refractivity contribution is 6.31. The van der Waals surface area contributed by atoms with Gasteiger partial charge in [-0.3, -0.25) is 4.79 Å². The van der Waals surface area contributed by atoms with Crippen molar-refractivity contribution in [1.82, 2.24) is 0 Å². The van der Waals surface area contributed by atoms with Gasteiger partial charge in [-0.2, -0.15) is 0 Å². The minimum atomic E-state index is -0.762. The van der Waals surface area contributed by atoms with Crippen LogP contribution in [0, 0.1) is 6.92 Å². The molecule has 1 heterocycles. The monoisotopic (exact) mass is 225 g/mol. The highest BCUT2D eigenvalue weighted by Crippen LogP contribution is 2.38. The van der Waals surface area contributed by atoms with Crippen molar-refractivity contribution in [1.29, 1.82) is 0 Å². The number of hydrogen-bond acceptors (Lipinski definition) is 2. The van der Waals surface area contributed by atoms with E-state index in [1.165, 1.54) is 0 Å². The quantitative estimate of drug-likeness (QED) is 0.814. The zero-order chi connectivity index (χ0) is 11.0.